The molecular formula is C48H66N2. The van der Waals surface area contributed by atoms with E-state index >= 15 is 0 Å². The van der Waals surface area contributed by atoms with E-state index in [2.05, 4.69) is 163 Å². The average Bonchev–Trinajstić information content (AvgIpc) is 3.43. The second-order valence-electron chi connectivity index (χ2n) is 12.9. The molecule has 4 aromatic rings. The molecule has 2 aliphatic carbocycles. The third-order valence-corrected chi connectivity index (χ3v) is 8.65. The van der Waals surface area contributed by atoms with Crippen molar-refractivity contribution in [3.8, 4) is 0 Å². The van der Waals surface area contributed by atoms with Gasteiger partial charge in [0.15, 0.2) is 0 Å². The number of rotatable bonds is 4. The fourth-order valence-corrected chi connectivity index (χ4v) is 6.09. The van der Waals surface area contributed by atoms with Crippen molar-refractivity contribution in [2.45, 2.75) is 114 Å². The molecule has 0 aromatic heterocycles. The molecule has 1 N–H and O–H groups in total. The SMILES string of the molecule is C=C1/C=C(/Cc2ccc3c(c2)CC(CCC)=C3C)C=Cc2ccccc2C1(C)C.CC.CC.CCC.CN=N.Cc1ccc2ccccc2c1. The van der Waals surface area contributed by atoms with Crippen LogP contribution >= 0.6 is 0 Å². The Morgan fingerprint density at radius 3 is 2.02 bits per heavy atom. The number of aryl methyl sites for hydroxylation is 1. The van der Waals surface area contributed by atoms with Crippen LogP contribution in [-0.4, -0.2) is 7.05 Å². The van der Waals surface area contributed by atoms with Gasteiger partial charge in [0.1, 0.15) is 0 Å². The zero-order valence-corrected chi connectivity index (χ0v) is 33.5. The minimum atomic E-state index is -0.0688. The van der Waals surface area contributed by atoms with Crippen molar-refractivity contribution < 1.29 is 0 Å². The molecule has 0 fully saturated rings. The molecule has 0 radical (unpaired) electrons. The number of nitrogens with zero attached hydrogens (tertiary/aromatic N) is 1. The highest BCUT2D eigenvalue weighted by Gasteiger charge is 2.26. The lowest BCUT2D eigenvalue weighted by Crippen LogP contribution is -2.21. The van der Waals surface area contributed by atoms with Crippen LogP contribution in [0.4, 0.5) is 0 Å². The lowest BCUT2D eigenvalue weighted by atomic mass is 9.74. The molecule has 2 aliphatic rings. The number of allylic oxidation sites excluding steroid dienone is 6. The predicted octanol–water partition coefficient (Wildman–Crippen LogP) is 15.1. The van der Waals surface area contributed by atoms with Gasteiger partial charge in [-0.15, -0.1) is 0 Å². The van der Waals surface area contributed by atoms with E-state index in [4.69, 9.17) is 5.53 Å². The first-order valence-electron chi connectivity index (χ1n) is 18.8. The average molecular weight is 671 g/mol. The quantitative estimate of drug-likeness (QED) is 0.210. The molecule has 0 bridgehead atoms. The third-order valence-electron chi connectivity index (χ3n) is 8.65. The van der Waals surface area contributed by atoms with E-state index in [0.29, 0.717) is 0 Å². The van der Waals surface area contributed by atoms with Gasteiger partial charge in [0, 0.05) is 12.5 Å². The Morgan fingerprint density at radius 2 is 1.38 bits per heavy atom. The van der Waals surface area contributed by atoms with E-state index in [-0.39, 0.29) is 5.41 Å². The van der Waals surface area contributed by atoms with Crippen LogP contribution in [0.1, 0.15) is 122 Å². The van der Waals surface area contributed by atoms with E-state index < -0.39 is 0 Å². The van der Waals surface area contributed by atoms with E-state index in [0.717, 1.165) is 12.8 Å². The molecule has 4 aromatic carbocycles. The standard InChI is InChI=1S/C29H32.C11H10.C3H8.2C2H6.CH4N2/c1-6-9-25-19-26-18-23(13-15-27(26)21(25)3)17-22-12-14-24-10-7-8-11-28(24)29(4,5)20(2)16-22;1-9-6-7-10-4-2-3-5-11(10)8-9;1-3-2;2*1-2;1-3-2/h7-8,10-16,18H,2,6,9,17,19H2,1,3-5H3;2-8H,1H3;3H2,1-2H3;2*1-2H3;2H,1H3/b14-12?,22-16+;;;;;. The highest BCUT2D eigenvalue weighted by Crippen LogP contribution is 2.38. The second-order valence-corrected chi connectivity index (χ2v) is 12.9. The van der Waals surface area contributed by atoms with Crippen molar-refractivity contribution in [3.05, 3.63) is 154 Å². The van der Waals surface area contributed by atoms with Gasteiger partial charge in [-0.25, -0.2) is 10.6 Å². The molecule has 2 heteroatoms. The number of fused-ring (bicyclic) bond motifs is 3. The lowest BCUT2D eigenvalue weighted by Gasteiger charge is -2.30. The largest absolute Gasteiger partial charge is 0.210 e. The molecule has 2 nitrogen and oxygen atoms in total. The van der Waals surface area contributed by atoms with E-state index in [1.54, 1.807) is 5.57 Å². The van der Waals surface area contributed by atoms with Crippen LogP contribution in [0.5, 0.6) is 0 Å². The first-order valence-corrected chi connectivity index (χ1v) is 18.8. The van der Waals surface area contributed by atoms with E-state index in [1.807, 2.05) is 27.7 Å². The summed E-state index contributed by atoms with van der Waals surface area (Å²) in [6.07, 6.45) is 12.6. The lowest BCUT2D eigenvalue weighted by molar-refractivity contribution is 0.638. The van der Waals surface area contributed by atoms with Crippen molar-refractivity contribution in [2.75, 3.05) is 7.05 Å². The van der Waals surface area contributed by atoms with Gasteiger partial charge >= 0.3 is 0 Å². The van der Waals surface area contributed by atoms with Gasteiger partial charge in [0.25, 0.3) is 0 Å². The molecule has 0 unspecified atom stereocenters. The van der Waals surface area contributed by atoms with E-state index in [1.165, 1.54) is 87.2 Å². The zero-order chi connectivity index (χ0) is 37.7. The molecule has 268 valence electrons. The summed E-state index contributed by atoms with van der Waals surface area (Å²) in [5.74, 6) is 0. The van der Waals surface area contributed by atoms with Gasteiger partial charge in [-0.2, -0.15) is 0 Å². The number of nitrogens with one attached hydrogen (secondary N) is 1. The van der Waals surface area contributed by atoms with Crippen LogP contribution in [0.25, 0.3) is 22.4 Å². The maximum Gasteiger partial charge on any atom is 0.0485 e. The van der Waals surface area contributed by atoms with Gasteiger partial charge in [-0.3, -0.25) is 0 Å². The molecule has 0 atom stereocenters. The van der Waals surface area contributed by atoms with Crippen LogP contribution < -0.4 is 0 Å². The van der Waals surface area contributed by atoms with Crippen LogP contribution in [-0.2, 0) is 18.3 Å². The molecule has 0 saturated carbocycles. The van der Waals surface area contributed by atoms with Crippen molar-refractivity contribution in [1.29, 1.82) is 5.53 Å². The van der Waals surface area contributed by atoms with Gasteiger partial charge in [-0.1, -0.05) is 196 Å². The molecule has 0 heterocycles. The fraction of sp³-hybridized carbons (Fsp3) is 0.375. The highest BCUT2D eigenvalue weighted by molar-refractivity contribution is 5.83. The molecule has 50 heavy (non-hydrogen) atoms. The van der Waals surface area contributed by atoms with Crippen molar-refractivity contribution in [3.63, 3.8) is 0 Å². The van der Waals surface area contributed by atoms with Crippen LogP contribution in [0.2, 0.25) is 0 Å². The Bertz CT molecular complexity index is 1730. The normalized spacial score (nSPS) is 14.3. The monoisotopic (exact) mass is 671 g/mol. The summed E-state index contributed by atoms with van der Waals surface area (Å²) in [5.41, 5.74) is 19.7. The summed E-state index contributed by atoms with van der Waals surface area (Å²) in [6.45, 7) is 27.9. The zero-order valence-electron chi connectivity index (χ0n) is 33.5. The van der Waals surface area contributed by atoms with Crippen molar-refractivity contribution in [2.24, 2.45) is 5.11 Å². The first-order chi connectivity index (χ1) is 24.1. The minimum Gasteiger partial charge on any atom is -0.210 e. The van der Waals surface area contributed by atoms with Crippen LogP contribution in [0.15, 0.2) is 125 Å². The Morgan fingerprint density at radius 1 is 0.780 bits per heavy atom. The summed E-state index contributed by atoms with van der Waals surface area (Å²) < 4.78 is 0. The van der Waals surface area contributed by atoms with Gasteiger partial charge in [0.05, 0.1) is 0 Å². The maximum atomic E-state index is 5.83. The summed E-state index contributed by atoms with van der Waals surface area (Å²) >= 11 is 0. The maximum absolute atomic E-state index is 5.83. The minimum absolute atomic E-state index is 0.0688. The summed E-state index contributed by atoms with van der Waals surface area (Å²) in [5, 5.41) is 5.39. The van der Waals surface area contributed by atoms with Gasteiger partial charge in [-0.05, 0) is 88.4 Å². The molecule has 0 spiro atoms. The number of hydrogen-bond donors (Lipinski definition) is 1. The third kappa shape index (κ3) is 12.5. The smallest absolute Gasteiger partial charge is 0.0485 e. The number of hydrogen-bond acceptors (Lipinski definition) is 2. The van der Waals surface area contributed by atoms with Crippen molar-refractivity contribution in [1.82, 2.24) is 0 Å². The Balaban J connectivity index is 0.000000490. The van der Waals surface area contributed by atoms with Crippen LogP contribution in [0.3, 0.4) is 0 Å². The molecule has 0 aliphatic heterocycles. The molecule has 0 amide bonds. The summed E-state index contributed by atoms with van der Waals surface area (Å²) in [7, 11) is 1.42. The first kappa shape index (κ1) is 43.7. The van der Waals surface area contributed by atoms with Gasteiger partial charge in [0.2, 0.25) is 0 Å². The Kier molecular flexibility index (Phi) is 20.3. The van der Waals surface area contributed by atoms with E-state index in [9.17, 15) is 0 Å². The van der Waals surface area contributed by atoms with Crippen LogP contribution in [0, 0.1) is 12.5 Å². The fourth-order valence-electron chi connectivity index (χ4n) is 6.09. The predicted molar refractivity (Wildman–Crippen MR) is 225 cm³/mol. The second kappa shape index (κ2) is 23.2. The molecular weight excluding hydrogens is 605 g/mol. The Hall–Kier alpha value is -4.30. The van der Waals surface area contributed by atoms with Gasteiger partial charge < -0.3 is 0 Å². The molecule has 0 saturated heterocycles. The Labute approximate surface area is 306 Å². The summed E-state index contributed by atoms with van der Waals surface area (Å²) in [6, 6.07) is 30.7. The summed E-state index contributed by atoms with van der Waals surface area (Å²) in [4.78, 5) is 0. The number of benzene rings is 4. The van der Waals surface area contributed by atoms with Crippen molar-refractivity contribution >= 4 is 22.4 Å². The topological polar surface area (TPSA) is 36.2 Å². The molecule has 6 rings (SSSR count). The highest BCUT2D eigenvalue weighted by atomic mass is 14.9.